The predicted molar refractivity (Wildman–Crippen MR) is 58.1 cm³/mol. The molecule has 0 saturated carbocycles. The van der Waals surface area contributed by atoms with Gasteiger partial charge in [0.2, 0.25) is 0 Å². The second-order valence-electron chi connectivity index (χ2n) is 3.82. The summed E-state index contributed by atoms with van der Waals surface area (Å²) in [5, 5.41) is 0.282. The number of hydrogen-bond donors (Lipinski definition) is 0. The van der Waals surface area contributed by atoms with Crippen LogP contribution in [0.2, 0.25) is 0 Å². The minimum absolute atomic E-state index is 0.179. The number of ether oxygens (including phenoxy) is 1. The molecule has 0 fully saturated rings. The van der Waals surface area contributed by atoms with Gasteiger partial charge in [0.05, 0.1) is 0 Å². The summed E-state index contributed by atoms with van der Waals surface area (Å²) in [5.41, 5.74) is -0.306. The van der Waals surface area contributed by atoms with Crippen LogP contribution in [-0.2, 0) is 9.53 Å². The van der Waals surface area contributed by atoms with Gasteiger partial charge in [-0.15, -0.1) is 0 Å². The lowest BCUT2D eigenvalue weighted by Gasteiger charge is -2.24. The van der Waals surface area contributed by atoms with Crippen LogP contribution >= 0.6 is 15.9 Å². The van der Waals surface area contributed by atoms with Crippen LogP contribution in [-0.4, -0.2) is 16.9 Å². The van der Waals surface area contributed by atoms with E-state index in [0.29, 0.717) is 0 Å². The maximum Gasteiger partial charge on any atom is 0.317 e. The van der Waals surface area contributed by atoms with Crippen LogP contribution in [0.4, 0.5) is 0 Å². The van der Waals surface area contributed by atoms with Crippen LogP contribution in [0, 0.1) is 0 Å². The molecule has 3 heteroatoms. The zero-order chi connectivity index (χ0) is 10.3. The Labute approximate surface area is 89.2 Å². The second kappa shape index (κ2) is 6.41. The third kappa shape index (κ3) is 7.05. The van der Waals surface area contributed by atoms with Gasteiger partial charge < -0.3 is 4.74 Å². The van der Waals surface area contributed by atoms with Crippen molar-refractivity contribution in [3.8, 4) is 0 Å². The lowest BCUT2D eigenvalue weighted by molar-refractivity contribution is -0.153. The molecule has 0 amide bonds. The third-order valence-electron chi connectivity index (χ3n) is 1.88. The smallest absolute Gasteiger partial charge is 0.317 e. The topological polar surface area (TPSA) is 26.3 Å². The van der Waals surface area contributed by atoms with Gasteiger partial charge in [0.1, 0.15) is 10.9 Å². The monoisotopic (exact) mass is 250 g/mol. The Hall–Kier alpha value is -0.0500. The van der Waals surface area contributed by atoms with E-state index in [1.165, 1.54) is 12.8 Å². The van der Waals surface area contributed by atoms with Crippen molar-refractivity contribution >= 4 is 21.9 Å². The molecule has 0 aliphatic carbocycles. The summed E-state index contributed by atoms with van der Waals surface area (Å²) in [4.78, 5) is 11.0. The maximum atomic E-state index is 11.0. The molecular formula is C10H19BrO2. The van der Waals surface area contributed by atoms with Crippen molar-refractivity contribution in [1.82, 2.24) is 0 Å². The predicted octanol–water partition coefficient (Wildman–Crippen LogP) is 3.28. The van der Waals surface area contributed by atoms with Gasteiger partial charge in [-0.2, -0.15) is 0 Å². The molecule has 78 valence electrons. The fourth-order valence-corrected chi connectivity index (χ4v) is 1.30. The molecule has 0 atom stereocenters. The van der Waals surface area contributed by atoms with Crippen molar-refractivity contribution < 1.29 is 9.53 Å². The van der Waals surface area contributed by atoms with Crippen LogP contribution in [0.15, 0.2) is 0 Å². The van der Waals surface area contributed by atoms with Crippen molar-refractivity contribution in [3.63, 3.8) is 0 Å². The van der Waals surface area contributed by atoms with Crippen LogP contribution in [0.3, 0.4) is 0 Å². The Bertz CT molecular complexity index is 155. The number of carbonyl (C=O) groups is 1. The fraction of sp³-hybridized carbons (Fsp3) is 0.900. The highest BCUT2D eigenvalue weighted by Crippen LogP contribution is 2.18. The fourth-order valence-electron chi connectivity index (χ4n) is 1.19. The van der Waals surface area contributed by atoms with Gasteiger partial charge in [-0.3, -0.25) is 4.79 Å². The van der Waals surface area contributed by atoms with Crippen molar-refractivity contribution in [2.24, 2.45) is 0 Å². The standard InChI is InChI=1S/C10H19BrO2/c1-4-5-6-7-10(2,3)13-9(12)8-11/h4-8H2,1-3H3. The summed E-state index contributed by atoms with van der Waals surface area (Å²) in [7, 11) is 0. The Balaban J connectivity index is 3.72. The summed E-state index contributed by atoms with van der Waals surface area (Å²) < 4.78 is 5.25. The lowest BCUT2D eigenvalue weighted by atomic mass is 10.0. The highest BCUT2D eigenvalue weighted by atomic mass is 79.9. The van der Waals surface area contributed by atoms with Crippen LogP contribution in [0.25, 0.3) is 0 Å². The summed E-state index contributed by atoms with van der Waals surface area (Å²) in [6.07, 6.45) is 4.47. The molecule has 0 saturated heterocycles. The van der Waals surface area contributed by atoms with E-state index in [1.54, 1.807) is 0 Å². The zero-order valence-electron chi connectivity index (χ0n) is 8.73. The minimum atomic E-state index is -0.306. The molecular weight excluding hydrogens is 232 g/mol. The molecule has 0 aliphatic heterocycles. The average molecular weight is 251 g/mol. The van der Waals surface area contributed by atoms with Gasteiger partial charge >= 0.3 is 5.97 Å². The van der Waals surface area contributed by atoms with Crippen LogP contribution in [0.1, 0.15) is 46.5 Å². The second-order valence-corrected chi connectivity index (χ2v) is 4.39. The Morgan fingerprint density at radius 3 is 2.46 bits per heavy atom. The Morgan fingerprint density at radius 1 is 1.38 bits per heavy atom. The normalized spacial score (nSPS) is 11.4. The van der Waals surface area contributed by atoms with Crippen molar-refractivity contribution in [2.45, 2.75) is 52.1 Å². The van der Waals surface area contributed by atoms with Gasteiger partial charge in [0.15, 0.2) is 0 Å². The summed E-state index contributed by atoms with van der Waals surface area (Å²) >= 11 is 3.07. The first-order valence-electron chi connectivity index (χ1n) is 4.79. The molecule has 0 radical (unpaired) electrons. The molecule has 0 bridgehead atoms. The van der Waals surface area contributed by atoms with Crippen molar-refractivity contribution in [2.75, 3.05) is 5.33 Å². The molecule has 0 rings (SSSR count). The maximum absolute atomic E-state index is 11.0. The first kappa shape index (κ1) is 12.9. The molecule has 0 aliphatic rings. The average Bonchev–Trinajstić information content (AvgIpc) is 2.03. The first-order valence-corrected chi connectivity index (χ1v) is 5.92. The van der Waals surface area contributed by atoms with E-state index < -0.39 is 0 Å². The molecule has 0 aromatic heterocycles. The van der Waals surface area contributed by atoms with E-state index in [0.717, 1.165) is 12.8 Å². The molecule has 0 aromatic carbocycles. The quantitative estimate of drug-likeness (QED) is 0.411. The molecule has 13 heavy (non-hydrogen) atoms. The number of unbranched alkanes of at least 4 members (excludes halogenated alkanes) is 2. The number of halogens is 1. The Morgan fingerprint density at radius 2 is 2.00 bits per heavy atom. The first-order chi connectivity index (χ1) is 6.02. The molecule has 0 aromatic rings. The summed E-state index contributed by atoms with van der Waals surface area (Å²) in [6, 6.07) is 0. The van der Waals surface area contributed by atoms with Gasteiger partial charge in [-0.1, -0.05) is 35.7 Å². The summed E-state index contributed by atoms with van der Waals surface area (Å²) in [6.45, 7) is 6.09. The lowest BCUT2D eigenvalue weighted by Crippen LogP contribution is -2.28. The third-order valence-corrected chi connectivity index (χ3v) is 2.34. The SMILES string of the molecule is CCCCCC(C)(C)OC(=O)CBr. The van der Waals surface area contributed by atoms with Crippen LogP contribution in [0.5, 0.6) is 0 Å². The number of rotatable bonds is 6. The van der Waals surface area contributed by atoms with Gasteiger partial charge in [-0.05, 0) is 26.7 Å². The summed E-state index contributed by atoms with van der Waals surface area (Å²) in [5.74, 6) is -0.179. The van der Waals surface area contributed by atoms with E-state index in [9.17, 15) is 4.79 Å². The van der Waals surface area contributed by atoms with E-state index in [-0.39, 0.29) is 16.9 Å². The molecule has 0 unspecified atom stereocenters. The molecule has 0 heterocycles. The highest BCUT2D eigenvalue weighted by Gasteiger charge is 2.21. The van der Waals surface area contributed by atoms with E-state index in [2.05, 4.69) is 22.9 Å². The van der Waals surface area contributed by atoms with Gasteiger partial charge in [0, 0.05) is 0 Å². The highest BCUT2D eigenvalue weighted by molar-refractivity contribution is 9.09. The van der Waals surface area contributed by atoms with E-state index >= 15 is 0 Å². The number of hydrogen-bond acceptors (Lipinski definition) is 2. The van der Waals surface area contributed by atoms with Crippen molar-refractivity contribution in [3.05, 3.63) is 0 Å². The van der Waals surface area contributed by atoms with E-state index in [1.807, 2.05) is 13.8 Å². The Kier molecular flexibility index (Phi) is 6.39. The number of carbonyl (C=O) groups excluding carboxylic acids is 1. The molecule has 0 spiro atoms. The van der Waals surface area contributed by atoms with Crippen molar-refractivity contribution in [1.29, 1.82) is 0 Å². The van der Waals surface area contributed by atoms with Gasteiger partial charge in [0.25, 0.3) is 0 Å². The van der Waals surface area contributed by atoms with E-state index in [4.69, 9.17) is 4.74 Å². The molecule has 2 nitrogen and oxygen atoms in total. The minimum Gasteiger partial charge on any atom is -0.459 e. The molecule has 0 N–H and O–H groups in total. The van der Waals surface area contributed by atoms with Crippen LogP contribution < -0.4 is 0 Å². The number of esters is 1. The van der Waals surface area contributed by atoms with Gasteiger partial charge in [-0.25, -0.2) is 0 Å². The zero-order valence-corrected chi connectivity index (χ0v) is 10.3. The largest absolute Gasteiger partial charge is 0.459 e. The number of alkyl halides is 1.